The summed E-state index contributed by atoms with van der Waals surface area (Å²) in [5.74, 6) is -1.08. The van der Waals surface area contributed by atoms with Crippen molar-refractivity contribution < 1.29 is 49.6 Å². The summed E-state index contributed by atoms with van der Waals surface area (Å²) >= 11 is 0. The maximum absolute atomic E-state index is 13.0. The van der Waals surface area contributed by atoms with Gasteiger partial charge in [0.2, 0.25) is 0 Å². The fourth-order valence-corrected chi connectivity index (χ4v) is 4.44. The quantitative estimate of drug-likeness (QED) is 0.374. The van der Waals surface area contributed by atoms with Crippen LogP contribution in [0.5, 0.6) is 11.5 Å². The number of carbonyl (C=O) groups excluding carboxylic acids is 1. The number of carbonyl (C=O) groups is 1. The number of aromatic hydroxyl groups is 2. The Bertz CT molecular complexity index is 1040. The number of hydrogen-bond donors (Lipinski definition) is 6. The van der Waals surface area contributed by atoms with Gasteiger partial charge in [0, 0.05) is 13.5 Å². The molecule has 0 aromatic heterocycles. The number of phenols is 2. The number of methoxy groups -OCH3 is 1. The van der Waals surface area contributed by atoms with Crippen molar-refractivity contribution in [3.05, 3.63) is 34.9 Å². The molecule has 2 aromatic carbocycles. The lowest BCUT2D eigenvalue weighted by Crippen LogP contribution is -2.59. The van der Waals surface area contributed by atoms with Gasteiger partial charge in [-0.3, -0.25) is 4.79 Å². The molecule has 2 aliphatic rings. The first-order chi connectivity index (χ1) is 15.2. The number of aryl methyl sites for hydroxylation is 1. The highest BCUT2D eigenvalue weighted by molar-refractivity contribution is 6.10. The molecule has 7 atom stereocenters. The van der Waals surface area contributed by atoms with E-state index in [0.29, 0.717) is 10.9 Å². The summed E-state index contributed by atoms with van der Waals surface area (Å²) in [6, 6.07) is 4.81. The van der Waals surface area contributed by atoms with E-state index >= 15 is 0 Å². The summed E-state index contributed by atoms with van der Waals surface area (Å²) in [6.45, 7) is 1.15. The fraction of sp³-hybridized carbons (Fsp3) is 0.500. The van der Waals surface area contributed by atoms with E-state index in [9.17, 15) is 35.4 Å². The van der Waals surface area contributed by atoms with Gasteiger partial charge < -0.3 is 44.8 Å². The number of aliphatic hydroxyl groups excluding tert-OH is 4. The van der Waals surface area contributed by atoms with E-state index < -0.39 is 61.1 Å². The summed E-state index contributed by atoms with van der Waals surface area (Å²) < 4.78 is 16.6. The Balaban J connectivity index is 1.79. The van der Waals surface area contributed by atoms with Crippen molar-refractivity contribution in [2.75, 3.05) is 13.7 Å². The van der Waals surface area contributed by atoms with Crippen LogP contribution in [0.15, 0.2) is 18.2 Å². The lowest BCUT2D eigenvalue weighted by Gasteiger charge is -2.42. The second kappa shape index (κ2) is 8.56. The van der Waals surface area contributed by atoms with Crippen molar-refractivity contribution in [2.45, 2.75) is 56.3 Å². The van der Waals surface area contributed by atoms with Crippen molar-refractivity contribution in [1.29, 1.82) is 0 Å². The van der Waals surface area contributed by atoms with Crippen LogP contribution in [0.4, 0.5) is 0 Å². The van der Waals surface area contributed by atoms with E-state index in [-0.39, 0.29) is 23.1 Å². The maximum atomic E-state index is 13.0. The molecule has 2 aromatic rings. The minimum Gasteiger partial charge on any atom is -0.507 e. The summed E-state index contributed by atoms with van der Waals surface area (Å²) in [5.41, 5.74) is 0.956. The molecule has 1 aliphatic carbocycles. The number of phenolic OH excluding ortho intramolecular Hbond substituents is 2. The van der Waals surface area contributed by atoms with E-state index in [4.69, 9.17) is 14.2 Å². The zero-order chi connectivity index (χ0) is 23.3. The molecule has 0 bridgehead atoms. The third-order valence-electron chi connectivity index (χ3n) is 6.11. The number of rotatable bonds is 4. The van der Waals surface area contributed by atoms with Gasteiger partial charge in [-0.1, -0.05) is 6.07 Å². The average molecular weight is 450 g/mol. The number of ketones is 1. The van der Waals surface area contributed by atoms with Crippen LogP contribution in [0.2, 0.25) is 0 Å². The number of Topliss-reactive ketones (excluding diaryl/α,β-unsaturated/α-hetero) is 1. The van der Waals surface area contributed by atoms with Crippen molar-refractivity contribution in [2.24, 2.45) is 0 Å². The summed E-state index contributed by atoms with van der Waals surface area (Å²) in [5, 5.41) is 61.7. The van der Waals surface area contributed by atoms with Crippen molar-refractivity contribution in [3.63, 3.8) is 0 Å². The first-order valence-electron chi connectivity index (χ1n) is 10.2. The third-order valence-corrected chi connectivity index (χ3v) is 6.11. The first-order valence-corrected chi connectivity index (χ1v) is 10.2. The molecule has 10 nitrogen and oxygen atoms in total. The van der Waals surface area contributed by atoms with Crippen LogP contribution in [-0.4, -0.2) is 86.9 Å². The van der Waals surface area contributed by atoms with E-state index in [1.807, 2.05) is 0 Å². The zero-order valence-electron chi connectivity index (χ0n) is 17.5. The molecule has 4 rings (SSSR count). The lowest BCUT2D eigenvalue weighted by atomic mass is 9.83. The van der Waals surface area contributed by atoms with Crippen LogP contribution in [0, 0.1) is 6.92 Å². The van der Waals surface area contributed by atoms with Gasteiger partial charge in [-0.2, -0.15) is 0 Å². The number of ether oxygens (including phenoxy) is 3. The number of hydrogen-bond acceptors (Lipinski definition) is 10. The standard InChI is InChI=1S/C22H26O10/c1-8-3-9-5-10-12(31-22-21(29)20(28)18(26)14(7-23)32-22)6-13(30-2)17(25)16(10)19(27)15(9)11(24)4-8/h3-5,12-14,18,20-24,26-29H,6-7H2,1-2H3. The molecular formula is C22H26O10. The molecule has 0 radical (unpaired) electrons. The second-order valence-electron chi connectivity index (χ2n) is 8.22. The predicted octanol–water partition coefficient (Wildman–Crippen LogP) is 0.0184. The highest BCUT2D eigenvalue weighted by atomic mass is 16.7. The molecule has 6 N–H and O–H groups in total. The van der Waals surface area contributed by atoms with E-state index in [1.54, 1.807) is 19.1 Å². The Kier molecular flexibility index (Phi) is 6.12. The Morgan fingerprint density at radius 1 is 1.06 bits per heavy atom. The zero-order valence-corrected chi connectivity index (χ0v) is 17.5. The average Bonchev–Trinajstić information content (AvgIpc) is 2.75. The first kappa shape index (κ1) is 22.9. The topological polar surface area (TPSA) is 166 Å². The van der Waals surface area contributed by atoms with Gasteiger partial charge >= 0.3 is 0 Å². The Hall–Kier alpha value is -2.31. The molecule has 1 fully saturated rings. The molecule has 1 aliphatic heterocycles. The fourth-order valence-electron chi connectivity index (χ4n) is 4.44. The van der Waals surface area contributed by atoms with Gasteiger partial charge in [0.1, 0.15) is 42.0 Å². The smallest absolute Gasteiger partial charge is 0.195 e. The molecule has 0 spiro atoms. The minimum atomic E-state index is -1.63. The van der Waals surface area contributed by atoms with Crippen molar-refractivity contribution in [1.82, 2.24) is 0 Å². The van der Waals surface area contributed by atoms with Gasteiger partial charge in [-0.25, -0.2) is 0 Å². The molecule has 1 saturated heterocycles. The SMILES string of the molecule is COC1CC(OC2OC(CO)C(O)C(O)C2O)c2cc3cc(C)cc(O)c3c(O)c2C1=O. The van der Waals surface area contributed by atoms with Crippen molar-refractivity contribution >= 4 is 16.6 Å². The summed E-state index contributed by atoms with van der Waals surface area (Å²) in [7, 11) is 1.33. The van der Waals surface area contributed by atoms with E-state index in [2.05, 4.69) is 0 Å². The van der Waals surface area contributed by atoms with Crippen LogP contribution in [0.1, 0.15) is 34.0 Å². The van der Waals surface area contributed by atoms with Gasteiger partial charge in [0.25, 0.3) is 0 Å². The summed E-state index contributed by atoms with van der Waals surface area (Å²) in [4.78, 5) is 13.0. The Morgan fingerprint density at radius 3 is 2.44 bits per heavy atom. The minimum absolute atomic E-state index is 0.0279. The molecule has 10 heteroatoms. The van der Waals surface area contributed by atoms with Crippen LogP contribution in [-0.2, 0) is 14.2 Å². The lowest BCUT2D eigenvalue weighted by molar-refractivity contribution is -0.314. The van der Waals surface area contributed by atoms with Crippen LogP contribution in [0.3, 0.4) is 0 Å². The van der Waals surface area contributed by atoms with Gasteiger partial charge in [-0.15, -0.1) is 0 Å². The van der Waals surface area contributed by atoms with Crippen LogP contribution in [0.25, 0.3) is 10.8 Å². The molecule has 7 unspecified atom stereocenters. The molecule has 32 heavy (non-hydrogen) atoms. The van der Waals surface area contributed by atoms with Crippen LogP contribution >= 0.6 is 0 Å². The largest absolute Gasteiger partial charge is 0.507 e. The van der Waals surface area contributed by atoms with Gasteiger partial charge in [0.05, 0.1) is 23.7 Å². The highest BCUT2D eigenvalue weighted by Crippen LogP contribution is 2.45. The van der Waals surface area contributed by atoms with E-state index in [1.165, 1.54) is 13.2 Å². The van der Waals surface area contributed by atoms with Crippen LogP contribution < -0.4 is 0 Å². The third kappa shape index (κ3) is 3.63. The molecule has 174 valence electrons. The monoisotopic (exact) mass is 450 g/mol. The Morgan fingerprint density at radius 2 is 1.78 bits per heavy atom. The van der Waals surface area contributed by atoms with Gasteiger partial charge in [-0.05, 0) is 35.6 Å². The Labute approximate surface area is 183 Å². The number of aliphatic hydroxyl groups is 4. The summed E-state index contributed by atoms with van der Waals surface area (Å²) in [6.07, 6.45) is -9.25. The van der Waals surface area contributed by atoms with Crippen molar-refractivity contribution in [3.8, 4) is 11.5 Å². The second-order valence-corrected chi connectivity index (χ2v) is 8.22. The molecule has 0 amide bonds. The number of fused-ring (bicyclic) bond motifs is 2. The molecular weight excluding hydrogens is 424 g/mol. The van der Waals surface area contributed by atoms with Gasteiger partial charge in [0.15, 0.2) is 12.1 Å². The molecule has 0 saturated carbocycles. The van der Waals surface area contributed by atoms with E-state index in [0.717, 1.165) is 5.56 Å². The molecule has 1 heterocycles. The predicted molar refractivity (Wildman–Crippen MR) is 109 cm³/mol. The normalized spacial score (nSPS) is 32.8. The number of benzene rings is 2. The maximum Gasteiger partial charge on any atom is 0.195 e. The highest BCUT2D eigenvalue weighted by Gasteiger charge is 2.46.